The number of hydrogen-bond acceptors (Lipinski definition) is 7. The fourth-order valence-electron chi connectivity index (χ4n) is 4.50. The molecule has 0 saturated carbocycles. The normalized spacial score (nSPS) is 14.0. The Kier molecular flexibility index (Phi) is 7.78. The van der Waals surface area contributed by atoms with E-state index in [4.69, 9.17) is 12.2 Å². The number of rotatable bonds is 7. The van der Waals surface area contributed by atoms with E-state index in [1.54, 1.807) is 9.95 Å². The highest BCUT2D eigenvalue weighted by Gasteiger charge is 2.26. The molecule has 2 aromatic heterocycles. The second kappa shape index (κ2) is 11.4. The summed E-state index contributed by atoms with van der Waals surface area (Å²) in [7, 11) is 0. The molecule has 0 spiro atoms. The topological polar surface area (TPSA) is 87.5 Å². The molecule has 7 nitrogen and oxygen atoms in total. The van der Waals surface area contributed by atoms with Crippen LogP contribution in [0.4, 0.5) is 5.69 Å². The maximum Gasteiger partial charge on any atom is 0.275 e. The second-order valence-electron chi connectivity index (χ2n) is 8.85. The summed E-state index contributed by atoms with van der Waals surface area (Å²) in [5.74, 6) is 0.159. The number of benzene rings is 2. The largest absolute Gasteiger partial charge is 0.494 e. The van der Waals surface area contributed by atoms with Gasteiger partial charge in [-0.1, -0.05) is 48.5 Å². The van der Waals surface area contributed by atoms with Gasteiger partial charge >= 0.3 is 0 Å². The van der Waals surface area contributed by atoms with E-state index < -0.39 is 0 Å². The first kappa shape index (κ1) is 25.3. The summed E-state index contributed by atoms with van der Waals surface area (Å²) in [4.78, 5) is 32.2. The fraction of sp³-hybridized carbons (Fsp3) is 0.259. The summed E-state index contributed by atoms with van der Waals surface area (Å²) in [6.45, 7) is 1.68. The van der Waals surface area contributed by atoms with Crippen LogP contribution in [0.2, 0.25) is 0 Å². The van der Waals surface area contributed by atoms with Crippen LogP contribution in [0.1, 0.15) is 40.7 Å². The third-order valence-corrected chi connectivity index (χ3v) is 8.79. The molecule has 1 aliphatic heterocycles. The van der Waals surface area contributed by atoms with Crippen LogP contribution in [0, 0.1) is 3.95 Å². The fourth-order valence-corrected chi connectivity index (χ4v) is 6.44. The van der Waals surface area contributed by atoms with Crippen molar-refractivity contribution >= 4 is 52.4 Å². The summed E-state index contributed by atoms with van der Waals surface area (Å²) in [6, 6.07) is 17.7. The first-order chi connectivity index (χ1) is 18.0. The molecule has 0 atom stereocenters. The van der Waals surface area contributed by atoms with Gasteiger partial charge in [-0.3, -0.25) is 14.2 Å². The SMILES string of the molecule is O=C(Nc1ccccc1-c1ccccc1)c1csc(C2CCN(C(=O)CCn3c(O)csc3=S)CC2)n1. The van der Waals surface area contributed by atoms with Gasteiger partial charge in [-0.2, -0.15) is 0 Å². The number of nitrogens with zero attached hydrogens (tertiary/aromatic N) is 3. The van der Waals surface area contributed by atoms with E-state index in [9.17, 15) is 14.7 Å². The Morgan fingerprint density at radius 2 is 1.76 bits per heavy atom. The van der Waals surface area contributed by atoms with Crippen molar-refractivity contribution in [1.82, 2.24) is 14.5 Å². The first-order valence-corrected chi connectivity index (χ1v) is 14.2. The summed E-state index contributed by atoms with van der Waals surface area (Å²) in [5, 5.41) is 17.2. The lowest BCUT2D eigenvalue weighted by atomic mass is 9.97. The Morgan fingerprint density at radius 1 is 1.03 bits per heavy atom. The van der Waals surface area contributed by atoms with E-state index in [0.29, 0.717) is 35.7 Å². The zero-order valence-corrected chi connectivity index (χ0v) is 22.5. The molecule has 1 aliphatic rings. The van der Waals surface area contributed by atoms with Crippen molar-refractivity contribution in [3.8, 4) is 17.0 Å². The molecule has 1 saturated heterocycles. The zero-order valence-electron chi connectivity index (χ0n) is 20.0. The van der Waals surface area contributed by atoms with Gasteiger partial charge in [-0.15, -0.1) is 22.7 Å². The maximum absolute atomic E-state index is 13.0. The molecule has 10 heteroatoms. The number of aromatic nitrogens is 2. The first-order valence-electron chi connectivity index (χ1n) is 12.1. The van der Waals surface area contributed by atoms with Crippen molar-refractivity contribution in [3.05, 3.63) is 80.0 Å². The predicted octanol–water partition coefficient (Wildman–Crippen LogP) is 6.16. The summed E-state index contributed by atoms with van der Waals surface area (Å²) in [5.41, 5.74) is 3.15. The Balaban J connectivity index is 1.17. The van der Waals surface area contributed by atoms with Gasteiger partial charge in [0, 0.05) is 48.6 Å². The number of nitrogens with one attached hydrogen (secondary N) is 1. The number of aromatic hydroxyl groups is 1. The molecule has 37 heavy (non-hydrogen) atoms. The number of carbonyl (C=O) groups is 2. The van der Waals surface area contributed by atoms with Crippen molar-refractivity contribution in [3.63, 3.8) is 0 Å². The molecule has 4 aromatic rings. The second-order valence-corrected chi connectivity index (χ2v) is 11.2. The van der Waals surface area contributed by atoms with Crippen LogP contribution >= 0.6 is 34.9 Å². The molecule has 0 bridgehead atoms. The van der Waals surface area contributed by atoms with Crippen LogP contribution in [-0.2, 0) is 11.3 Å². The molecule has 2 N–H and O–H groups in total. The van der Waals surface area contributed by atoms with Gasteiger partial charge in [0.05, 0.1) is 10.4 Å². The minimum Gasteiger partial charge on any atom is -0.494 e. The van der Waals surface area contributed by atoms with Crippen molar-refractivity contribution in [2.45, 2.75) is 31.7 Å². The molecular formula is C27H26N4O3S3. The number of carbonyl (C=O) groups excluding carboxylic acids is 2. The van der Waals surface area contributed by atoms with Crippen molar-refractivity contribution < 1.29 is 14.7 Å². The maximum atomic E-state index is 13.0. The minimum absolute atomic E-state index is 0.0576. The highest BCUT2D eigenvalue weighted by atomic mass is 32.1. The third-order valence-electron chi connectivity index (χ3n) is 6.52. The number of anilines is 1. The number of likely N-dealkylation sites (tertiary alicyclic amines) is 1. The number of hydrogen-bond donors (Lipinski definition) is 2. The summed E-state index contributed by atoms with van der Waals surface area (Å²) in [6.07, 6.45) is 1.91. The van der Waals surface area contributed by atoms with Gasteiger partial charge in [0.1, 0.15) is 5.69 Å². The number of piperidine rings is 1. The van der Waals surface area contributed by atoms with Gasteiger partial charge in [0.25, 0.3) is 5.91 Å². The average molecular weight is 551 g/mol. The van der Waals surface area contributed by atoms with Crippen molar-refractivity contribution in [2.75, 3.05) is 18.4 Å². The van der Waals surface area contributed by atoms with Crippen LogP contribution in [0.5, 0.6) is 5.88 Å². The molecule has 0 aliphatic carbocycles. The van der Waals surface area contributed by atoms with Gasteiger partial charge in [-0.25, -0.2) is 4.98 Å². The Labute approximate surface area is 228 Å². The van der Waals surface area contributed by atoms with E-state index >= 15 is 0 Å². The molecule has 190 valence electrons. The molecule has 1 fully saturated rings. The number of thiazole rings is 2. The van der Waals surface area contributed by atoms with Crippen LogP contribution in [0.3, 0.4) is 0 Å². The van der Waals surface area contributed by atoms with Crippen LogP contribution in [-0.4, -0.2) is 44.5 Å². The Bertz CT molecular complexity index is 1450. The smallest absolute Gasteiger partial charge is 0.275 e. The van der Waals surface area contributed by atoms with Gasteiger partial charge in [0.2, 0.25) is 11.8 Å². The van der Waals surface area contributed by atoms with Gasteiger partial charge in [-0.05, 0) is 36.7 Å². The highest BCUT2D eigenvalue weighted by Crippen LogP contribution is 2.32. The average Bonchev–Trinajstić information content (AvgIpc) is 3.55. The molecule has 2 amide bonds. The molecule has 5 rings (SSSR count). The van der Waals surface area contributed by atoms with Crippen molar-refractivity contribution in [1.29, 1.82) is 0 Å². The summed E-state index contributed by atoms with van der Waals surface area (Å²) < 4.78 is 2.15. The lowest BCUT2D eigenvalue weighted by Gasteiger charge is -2.31. The van der Waals surface area contributed by atoms with Gasteiger partial charge < -0.3 is 15.3 Å². The lowest BCUT2D eigenvalue weighted by Crippen LogP contribution is -2.38. The minimum atomic E-state index is -0.228. The lowest BCUT2D eigenvalue weighted by molar-refractivity contribution is -0.132. The molecule has 2 aromatic carbocycles. The Hall–Kier alpha value is -3.34. The molecule has 0 radical (unpaired) electrons. The van der Waals surface area contributed by atoms with E-state index in [2.05, 4.69) is 10.3 Å². The number of para-hydroxylation sites is 1. The van der Waals surface area contributed by atoms with E-state index in [1.807, 2.05) is 64.9 Å². The van der Waals surface area contributed by atoms with Crippen LogP contribution in [0.15, 0.2) is 65.4 Å². The van der Waals surface area contributed by atoms with Crippen LogP contribution < -0.4 is 5.32 Å². The monoisotopic (exact) mass is 550 g/mol. The highest BCUT2D eigenvalue weighted by molar-refractivity contribution is 7.73. The van der Waals surface area contributed by atoms with E-state index in [1.165, 1.54) is 22.7 Å². The van der Waals surface area contributed by atoms with Crippen LogP contribution in [0.25, 0.3) is 11.1 Å². The standard InChI is InChI=1S/C27H26N4O3S3/c32-23(12-15-31-24(33)17-37-27(31)35)30-13-10-19(11-14-30)26-29-22(16-36-26)25(34)28-21-9-5-4-8-20(21)18-6-2-1-3-7-18/h1-9,16-17,19,33H,10-15H2,(H,28,34). The van der Waals surface area contributed by atoms with E-state index in [0.717, 1.165) is 34.7 Å². The molecular weight excluding hydrogens is 525 g/mol. The third kappa shape index (κ3) is 5.82. The van der Waals surface area contributed by atoms with E-state index in [-0.39, 0.29) is 23.6 Å². The zero-order chi connectivity index (χ0) is 25.8. The molecule has 3 heterocycles. The van der Waals surface area contributed by atoms with Crippen molar-refractivity contribution in [2.24, 2.45) is 0 Å². The predicted molar refractivity (Wildman–Crippen MR) is 150 cm³/mol. The Morgan fingerprint density at radius 3 is 2.49 bits per heavy atom. The molecule has 0 unspecified atom stereocenters. The quantitative estimate of drug-likeness (QED) is 0.269. The number of amides is 2. The summed E-state index contributed by atoms with van der Waals surface area (Å²) >= 11 is 7.99. The van der Waals surface area contributed by atoms with Gasteiger partial charge in [0.15, 0.2) is 3.95 Å².